The molecule has 0 bridgehead atoms. The van der Waals surface area contributed by atoms with Crippen LogP contribution in [0.3, 0.4) is 0 Å². The van der Waals surface area contributed by atoms with Crippen molar-refractivity contribution >= 4 is 5.97 Å². The summed E-state index contributed by atoms with van der Waals surface area (Å²) in [4.78, 5) is 10.6. The van der Waals surface area contributed by atoms with Gasteiger partial charge in [0, 0.05) is 0 Å². The van der Waals surface area contributed by atoms with Crippen LogP contribution in [0.2, 0.25) is 0 Å². The molecule has 4 heteroatoms. The number of benzene rings is 1. The van der Waals surface area contributed by atoms with Crippen molar-refractivity contribution in [3.05, 3.63) is 29.3 Å². The first-order chi connectivity index (χ1) is 7.17. The summed E-state index contributed by atoms with van der Waals surface area (Å²) in [6.07, 6.45) is 0.126. The molecular weight excluding hydrogens is 194 g/mol. The molecule has 1 N–H and O–H groups in total. The molecule has 0 heterocycles. The molecule has 15 heavy (non-hydrogen) atoms. The summed E-state index contributed by atoms with van der Waals surface area (Å²) in [7, 11) is 1.52. The van der Waals surface area contributed by atoms with E-state index >= 15 is 0 Å². The Hall–Kier alpha value is -2.02. The summed E-state index contributed by atoms with van der Waals surface area (Å²) >= 11 is 0. The molecular formula is C11H11NO3. The zero-order valence-electron chi connectivity index (χ0n) is 8.36. The van der Waals surface area contributed by atoms with Gasteiger partial charge in [-0.25, -0.2) is 0 Å². The fourth-order valence-corrected chi connectivity index (χ4v) is 1.31. The van der Waals surface area contributed by atoms with Gasteiger partial charge in [-0.3, -0.25) is 4.79 Å². The molecule has 1 aromatic rings. The molecule has 0 aliphatic rings. The van der Waals surface area contributed by atoms with Crippen LogP contribution in [0.5, 0.6) is 5.75 Å². The lowest BCUT2D eigenvalue weighted by Crippen LogP contribution is -2.03. The summed E-state index contributed by atoms with van der Waals surface area (Å²) in [5, 5.41) is 17.3. The van der Waals surface area contributed by atoms with Crippen LogP contribution in [0.15, 0.2) is 18.2 Å². The molecule has 0 amide bonds. The zero-order valence-corrected chi connectivity index (χ0v) is 8.36. The van der Waals surface area contributed by atoms with Crippen molar-refractivity contribution in [3.8, 4) is 11.8 Å². The van der Waals surface area contributed by atoms with Gasteiger partial charge in [0.2, 0.25) is 0 Å². The van der Waals surface area contributed by atoms with Gasteiger partial charge in [0.15, 0.2) is 0 Å². The van der Waals surface area contributed by atoms with Crippen LogP contribution in [0.1, 0.15) is 11.1 Å². The normalized spacial score (nSPS) is 9.33. The predicted molar refractivity (Wildman–Crippen MR) is 53.7 cm³/mol. The van der Waals surface area contributed by atoms with Gasteiger partial charge in [-0.1, -0.05) is 6.07 Å². The van der Waals surface area contributed by atoms with E-state index in [0.717, 1.165) is 5.56 Å². The zero-order chi connectivity index (χ0) is 11.3. The maximum Gasteiger partial charge on any atom is 0.307 e. The summed E-state index contributed by atoms with van der Waals surface area (Å²) in [5.41, 5.74) is 1.36. The van der Waals surface area contributed by atoms with Crippen molar-refractivity contribution in [2.75, 3.05) is 7.11 Å². The number of nitriles is 1. The summed E-state index contributed by atoms with van der Waals surface area (Å²) < 4.78 is 4.99. The molecule has 4 nitrogen and oxygen atoms in total. The number of carboxylic acid groups (broad SMARTS) is 1. The van der Waals surface area contributed by atoms with Crippen LogP contribution in [-0.4, -0.2) is 18.2 Å². The van der Waals surface area contributed by atoms with Gasteiger partial charge >= 0.3 is 5.97 Å². The molecule has 0 saturated carbocycles. The highest BCUT2D eigenvalue weighted by molar-refractivity contribution is 5.71. The van der Waals surface area contributed by atoms with E-state index in [1.54, 1.807) is 18.2 Å². The Morgan fingerprint density at radius 2 is 2.27 bits per heavy atom. The second-order valence-corrected chi connectivity index (χ2v) is 3.04. The second kappa shape index (κ2) is 5.01. The number of aliphatic carboxylic acids is 1. The van der Waals surface area contributed by atoms with E-state index in [4.69, 9.17) is 15.1 Å². The number of rotatable bonds is 4. The maximum atomic E-state index is 10.6. The molecule has 0 unspecified atom stereocenters. The number of hydrogen-bond acceptors (Lipinski definition) is 3. The lowest BCUT2D eigenvalue weighted by atomic mass is 10.0. The third-order valence-corrected chi connectivity index (χ3v) is 2.02. The lowest BCUT2D eigenvalue weighted by molar-refractivity contribution is -0.136. The third-order valence-electron chi connectivity index (χ3n) is 2.02. The van der Waals surface area contributed by atoms with Gasteiger partial charge in [0.25, 0.3) is 0 Å². The number of hydrogen-bond donors (Lipinski definition) is 1. The van der Waals surface area contributed by atoms with E-state index in [2.05, 4.69) is 0 Å². The van der Waals surface area contributed by atoms with Crippen molar-refractivity contribution < 1.29 is 14.6 Å². The molecule has 78 valence electrons. The summed E-state index contributed by atoms with van der Waals surface area (Å²) in [6, 6.07) is 7.10. The van der Waals surface area contributed by atoms with Crippen molar-refractivity contribution in [1.82, 2.24) is 0 Å². The minimum absolute atomic E-state index is 0.0891. The standard InChI is InChI=1S/C11H11NO3/c1-15-10-3-2-8(4-5-12)9(6-10)7-11(13)14/h2-3,6H,4,7H2,1H3,(H,13,14). The van der Waals surface area contributed by atoms with Crippen LogP contribution in [-0.2, 0) is 17.6 Å². The largest absolute Gasteiger partial charge is 0.497 e. The Balaban J connectivity index is 3.05. The molecule has 0 fully saturated rings. The van der Waals surface area contributed by atoms with Gasteiger partial charge in [0.05, 0.1) is 26.0 Å². The van der Waals surface area contributed by atoms with Crippen molar-refractivity contribution in [1.29, 1.82) is 5.26 Å². The number of methoxy groups -OCH3 is 1. The van der Waals surface area contributed by atoms with E-state index < -0.39 is 5.97 Å². The average molecular weight is 205 g/mol. The highest BCUT2D eigenvalue weighted by Gasteiger charge is 2.08. The highest BCUT2D eigenvalue weighted by Crippen LogP contribution is 2.18. The Morgan fingerprint density at radius 3 is 2.80 bits per heavy atom. The summed E-state index contributed by atoms with van der Waals surface area (Å²) in [6.45, 7) is 0. The molecule has 0 atom stereocenters. The molecule has 0 aromatic heterocycles. The van der Waals surface area contributed by atoms with Crippen molar-refractivity contribution in [2.24, 2.45) is 0 Å². The first-order valence-electron chi connectivity index (χ1n) is 4.42. The minimum atomic E-state index is -0.914. The second-order valence-electron chi connectivity index (χ2n) is 3.04. The first kappa shape index (κ1) is 11.1. The van der Waals surface area contributed by atoms with E-state index in [9.17, 15) is 4.79 Å². The third kappa shape index (κ3) is 2.99. The fraction of sp³-hybridized carbons (Fsp3) is 0.273. The van der Waals surface area contributed by atoms with Crippen LogP contribution in [0.4, 0.5) is 0 Å². The Bertz CT molecular complexity index is 407. The summed E-state index contributed by atoms with van der Waals surface area (Å²) in [5.74, 6) is -0.310. The van der Waals surface area contributed by atoms with Crippen LogP contribution in [0, 0.1) is 11.3 Å². The monoisotopic (exact) mass is 205 g/mol. The van der Waals surface area contributed by atoms with Gasteiger partial charge in [-0.05, 0) is 23.3 Å². The number of nitrogens with zero attached hydrogens (tertiary/aromatic N) is 1. The minimum Gasteiger partial charge on any atom is -0.497 e. The molecule has 0 radical (unpaired) electrons. The van der Waals surface area contributed by atoms with Crippen molar-refractivity contribution in [2.45, 2.75) is 12.8 Å². The topological polar surface area (TPSA) is 70.3 Å². The lowest BCUT2D eigenvalue weighted by Gasteiger charge is -2.07. The fourth-order valence-electron chi connectivity index (χ4n) is 1.31. The first-order valence-corrected chi connectivity index (χ1v) is 4.42. The van der Waals surface area contributed by atoms with Crippen molar-refractivity contribution in [3.63, 3.8) is 0 Å². The Kier molecular flexibility index (Phi) is 3.69. The molecule has 0 aliphatic carbocycles. The molecule has 0 aliphatic heterocycles. The Labute approximate surface area is 87.7 Å². The van der Waals surface area contributed by atoms with Crippen LogP contribution >= 0.6 is 0 Å². The molecule has 1 rings (SSSR count). The van der Waals surface area contributed by atoms with Gasteiger partial charge in [-0.15, -0.1) is 0 Å². The number of carbonyl (C=O) groups is 1. The van der Waals surface area contributed by atoms with E-state index in [1.165, 1.54) is 7.11 Å². The Morgan fingerprint density at radius 1 is 1.53 bits per heavy atom. The smallest absolute Gasteiger partial charge is 0.307 e. The quantitative estimate of drug-likeness (QED) is 0.806. The van der Waals surface area contributed by atoms with Crippen LogP contribution in [0.25, 0.3) is 0 Å². The number of carboxylic acids is 1. The highest BCUT2D eigenvalue weighted by atomic mass is 16.5. The van der Waals surface area contributed by atoms with Gasteiger partial charge in [0.1, 0.15) is 5.75 Å². The van der Waals surface area contributed by atoms with Crippen LogP contribution < -0.4 is 4.74 Å². The van der Waals surface area contributed by atoms with E-state index in [1.807, 2.05) is 6.07 Å². The van der Waals surface area contributed by atoms with E-state index in [-0.39, 0.29) is 12.8 Å². The SMILES string of the molecule is COc1ccc(CC#N)c(CC(=O)O)c1. The maximum absolute atomic E-state index is 10.6. The molecule has 0 saturated heterocycles. The van der Waals surface area contributed by atoms with Gasteiger partial charge in [-0.2, -0.15) is 5.26 Å². The number of ether oxygens (including phenoxy) is 1. The molecule has 1 aromatic carbocycles. The van der Waals surface area contributed by atoms with Gasteiger partial charge < -0.3 is 9.84 Å². The van der Waals surface area contributed by atoms with E-state index in [0.29, 0.717) is 11.3 Å². The average Bonchev–Trinajstić information content (AvgIpc) is 2.20. The molecule has 0 spiro atoms. The predicted octanol–water partition coefficient (Wildman–Crippen LogP) is 1.39.